The van der Waals surface area contributed by atoms with Gasteiger partial charge in [-0.15, -0.1) is 0 Å². The van der Waals surface area contributed by atoms with Crippen LogP contribution in [0.1, 0.15) is 31.9 Å². The topological polar surface area (TPSA) is 38.7 Å². The minimum Gasteiger partial charge on any atom is -0.491 e. The molecule has 0 fully saturated rings. The van der Waals surface area contributed by atoms with Crippen LogP contribution in [0.2, 0.25) is 0 Å². The van der Waals surface area contributed by atoms with Crippen molar-refractivity contribution in [3.63, 3.8) is 0 Å². The fourth-order valence-electron chi connectivity index (χ4n) is 1.46. The Kier molecular flexibility index (Phi) is 5.90. The van der Waals surface area contributed by atoms with Crippen molar-refractivity contribution in [2.45, 2.75) is 26.4 Å². The summed E-state index contributed by atoms with van der Waals surface area (Å²) in [6.45, 7) is 5.69. The molecule has 3 nitrogen and oxygen atoms in total. The monoisotopic (exact) mass is 224 g/mol. The average molecular weight is 224 g/mol. The molecule has 1 aromatic rings. The van der Waals surface area contributed by atoms with E-state index in [-0.39, 0.29) is 0 Å². The SMILES string of the molecule is CCOCCOc1ccccc1[C@H](O)CC. The third-order valence-electron chi connectivity index (χ3n) is 2.35. The lowest BCUT2D eigenvalue weighted by Crippen LogP contribution is -2.08. The Morgan fingerprint density at radius 2 is 1.94 bits per heavy atom. The van der Waals surface area contributed by atoms with Crippen LogP contribution < -0.4 is 4.74 Å². The minimum atomic E-state index is -0.455. The number of ether oxygens (including phenoxy) is 2. The molecule has 3 heteroatoms. The standard InChI is InChI=1S/C13H20O3/c1-3-12(14)11-7-5-6-8-13(11)16-10-9-15-4-2/h5-8,12,14H,3-4,9-10H2,1-2H3/t12-/m1/s1. The number of hydrogen-bond donors (Lipinski definition) is 1. The third-order valence-corrected chi connectivity index (χ3v) is 2.35. The van der Waals surface area contributed by atoms with Crippen LogP contribution in [0.25, 0.3) is 0 Å². The van der Waals surface area contributed by atoms with Crippen molar-refractivity contribution in [2.24, 2.45) is 0 Å². The highest BCUT2D eigenvalue weighted by Gasteiger charge is 2.10. The molecule has 0 unspecified atom stereocenters. The van der Waals surface area contributed by atoms with Crippen LogP contribution in [0.15, 0.2) is 24.3 Å². The molecule has 0 aliphatic heterocycles. The van der Waals surface area contributed by atoms with E-state index in [1.807, 2.05) is 38.1 Å². The van der Waals surface area contributed by atoms with Crippen molar-refractivity contribution in [3.05, 3.63) is 29.8 Å². The van der Waals surface area contributed by atoms with Gasteiger partial charge in [-0.05, 0) is 19.4 Å². The highest BCUT2D eigenvalue weighted by molar-refractivity contribution is 5.34. The molecule has 0 spiro atoms. The Morgan fingerprint density at radius 3 is 2.62 bits per heavy atom. The Labute approximate surface area is 97.0 Å². The molecule has 0 aromatic heterocycles. The first-order valence-electron chi connectivity index (χ1n) is 5.77. The molecule has 0 amide bonds. The van der Waals surface area contributed by atoms with E-state index in [1.54, 1.807) is 0 Å². The molecular formula is C13H20O3. The minimum absolute atomic E-state index is 0.455. The molecule has 0 aliphatic rings. The molecule has 1 atom stereocenters. The Hall–Kier alpha value is -1.06. The predicted octanol–water partition coefficient (Wildman–Crippen LogP) is 2.55. The molecule has 1 N–H and O–H groups in total. The lowest BCUT2D eigenvalue weighted by atomic mass is 10.1. The number of aliphatic hydroxyl groups excluding tert-OH is 1. The summed E-state index contributed by atoms with van der Waals surface area (Å²) >= 11 is 0. The van der Waals surface area contributed by atoms with Crippen molar-refractivity contribution in [2.75, 3.05) is 19.8 Å². The van der Waals surface area contributed by atoms with Crippen LogP contribution in [0, 0.1) is 0 Å². The molecular weight excluding hydrogens is 204 g/mol. The summed E-state index contributed by atoms with van der Waals surface area (Å²) in [5.41, 5.74) is 0.849. The van der Waals surface area contributed by atoms with Crippen molar-refractivity contribution in [1.29, 1.82) is 0 Å². The zero-order valence-corrected chi connectivity index (χ0v) is 9.98. The third kappa shape index (κ3) is 3.83. The maximum absolute atomic E-state index is 9.80. The van der Waals surface area contributed by atoms with Crippen LogP contribution in [0.3, 0.4) is 0 Å². The molecule has 0 heterocycles. The summed E-state index contributed by atoms with van der Waals surface area (Å²) in [6, 6.07) is 7.58. The van der Waals surface area contributed by atoms with Gasteiger partial charge in [0.05, 0.1) is 12.7 Å². The molecule has 0 radical (unpaired) electrons. The van der Waals surface area contributed by atoms with E-state index in [0.717, 1.165) is 11.3 Å². The molecule has 1 aromatic carbocycles. The lowest BCUT2D eigenvalue weighted by molar-refractivity contribution is 0.107. The van der Waals surface area contributed by atoms with Gasteiger partial charge in [-0.25, -0.2) is 0 Å². The van der Waals surface area contributed by atoms with E-state index in [9.17, 15) is 5.11 Å². The van der Waals surface area contributed by atoms with Crippen LogP contribution in [0.5, 0.6) is 5.75 Å². The van der Waals surface area contributed by atoms with Gasteiger partial charge in [0, 0.05) is 12.2 Å². The molecule has 1 rings (SSSR count). The van der Waals surface area contributed by atoms with E-state index < -0.39 is 6.10 Å². The highest BCUT2D eigenvalue weighted by Crippen LogP contribution is 2.26. The summed E-state index contributed by atoms with van der Waals surface area (Å²) < 4.78 is 10.8. The smallest absolute Gasteiger partial charge is 0.125 e. The normalized spacial score (nSPS) is 12.4. The maximum atomic E-state index is 9.80. The predicted molar refractivity (Wildman–Crippen MR) is 63.7 cm³/mol. The molecule has 0 saturated carbocycles. The summed E-state index contributed by atoms with van der Waals surface area (Å²) in [6.07, 6.45) is 0.231. The van der Waals surface area contributed by atoms with Gasteiger partial charge >= 0.3 is 0 Å². The van der Waals surface area contributed by atoms with E-state index >= 15 is 0 Å². The van der Waals surface area contributed by atoms with Gasteiger partial charge in [0.1, 0.15) is 12.4 Å². The van der Waals surface area contributed by atoms with Crippen LogP contribution in [-0.2, 0) is 4.74 Å². The van der Waals surface area contributed by atoms with Crippen LogP contribution >= 0.6 is 0 Å². The second-order valence-corrected chi connectivity index (χ2v) is 3.51. The molecule has 90 valence electrons. The lowest BCUT2D eigenvalue weighted by Gasteiger charge is -2.14. The van der Waals surface area contributed by atoms with Crippen LogP contribution in [-0.4, -0.2) is 24.9 Å². The maximum Gasteiger partial charge on any atom is 0.125 e. The second kappa shape index (κ2) is 7.25. The number of hydrogen-bond acceptors (Lipinski definition) is 3. The first-order chi connectivity index (χ1) is 7.79. The number of rotatable bonds is 7. The molecule has 0 aliphatic carbocycles. The molecule has 16 heavy (non-hydrogen) atoms. The molecule has 0 saturated heterocycles. The Bertz CT molecular complexity index is 299. The summed E-state index contributed by atoms with van der Waals surface area (Å²) in [5, 5.41) is 9.80. The van der Waals surface area contributed by atoms with Gasteiger partial charge in [0.15, 0.2) is 0 Å². The number of aliphatic hydroxyl groups is 1. The van der Waals surface area contributed by atoms with Gasteiger partial charge in [0.25, 0.3) is 0 Å². The molecule has 0 bridgehead atoms. The first kappa shape index (κ1) is 13.0. The fraction of sp³-hybridized carbons (Fsp3) is 0.538. The summed E-state index contributed by atoms with van der Waals surface area (Å²) in [4.78, 5) is 0. The van der Waals surface area contributed by atoms with Crippen molar-refractivity contribution in [1.82, 2.24) is 0 Å². The van der Waals surface area contributed by atoms with Gasteiger partial charge in [-0.1, -0.05) is 25.1 Å². The van der Waals surface area contributed by atoms with Crippen molar-refractivity contribution < 1.29 is 14.6 Å². The van der Waals surface area contributed by atoms with Crippen LogP contribution in [0.4, 0.5) is 0 Å². The van der Waals surface area contributed by atoms with Gasteiger partial charge in [-0.2, -0.15) is 0 Å². The van der Waals surface area contributed by atoms with E-state index in [4.69, 9.17) is 9.47 Å². The zero-order valence-electron chi connectivity index (χ0n) is 9.98. The van der Waals surface area contributed by atoms with E-state index in [2.05, 4.69) is 0 Å². The Morgan fingerprint density at radius 1 is 1.19 bits per heavy atom. The van der Waals surface area contributed by atoms with Crippen molar-refractivity contribution >= 4 is 0 Å². The highest BCUT2D eigenvalue weighted by atomic mass is 16.5. The summed E-state index contributed by atoms with van der Waals surface area (Å²) in [7, 11) is 0. The first-order valence-corrected chi connectivity index (χ1v) is 5.77. The second-order valence-electron chi connectivity index (χ2n) is 3.51. The van der Waals surface area contributed by atoms with Gasteiger partial charge in [-0.3, -0.25) is 0 Å². The number of para-hydroxylation sites is 1. The quantitative estimate of drug-likeness (QED) is 0.723. The Balaban J connectivity index is 2.57. The van der Waals surface area contributed by atoms with Gasteiger partial charge < -0.3 is 14.6 Å². The largest absolute Gasteiger partial charge is 0.491 e. The van der Waals surface area contributed by atoms with Crippen molar-refractivity contribution in [3.8, 4) is 5.75 Å². The van der Waals surface area contributed by atoms with Gasteiger partial charge in [0.2, 0.25) is 0 Å². The average Bonchev–Trinajstić information content (AvgIpc) is 2.34. The summed E-state index contributed by atoms with van der Waals surface area (Å²) in [5.74, 6) is 0.747. The zero-order chi connectivity index (χ0) is 11.8. The fourth-order valence-corrected chi connectivity index (χ4v) is 1.46. The van der Waals surface area contributed by atoms with E-state index in [0.29, 0.717) is 26.2 Å². The number of benzene rings is 1. The van der Waals surface area contributed by atoms with E-state index in [1.165, 1.54) is 0 Å².